The van der Waals surface area contributed by atoms with Crippen LogP contribution in [0.3, 0.4) is 0 Å². The van der Waals surface area contributed by atoms with Crippen molar-refractivity contribution >= 4 is 27.6 Å². The van der Waals surface area contributed by atoms with E-state index in [1.807, 2.05) is 21.6 Å². The van der Waals surface area contributed by atoms with Crippen molar-refractivity contribution in [2.45, 2.75) is 26.2 Å². The molecule has 0 fully saturated rings. The molecular formula is C10H20O4S2. The van der Waals surface area contributed by atoms with Crippen LogP contribution < -0.4 is 0 Å². The van der Waals surface area contributed by atoms with Gasteiger partial charge in [-0.2, -0.15) is 0 Å². The van der Waals surface area contributed by atoms with E-state index in [-0.39, 0.29) is 19.6 Å². The molecule has 1 heterocycles. The summed E-state index contributed by atoms with van der Waals surface area (Å²) in [5.41, 5.74) is 0. The summed E-state index contributed by atoms with van der Waals surface area (Å²) in [4.78, 5) is 9.37. The number of carboxylic acid groups (broad SMARTS) is 1. The quantitative estimate of drug-likeness (QED) is 0.535. The third-order valence-corrected chi connectivity index (χ3v) is 3.17. The van der Waals surface area contributed by atoms with E-state index in [4.69, 9.17) is 15.3 Å². The summed E-state index contributed by atoms with van der Waals surface area (Å²) in [6.45, 7) is 1.99. The summed E-state index contributed by atoms with van der Waals surface area (Å²) in [6, 6.07) is 0. The number of aliphatic hydroxyl groups is 2. The number of carboxylic acids is 1. The van der Waals surface area contributed by atoms with Gasteiger partial charge in [-0.1, -0.05) is 34.6 Å². The Balaban J connectivity index is 0. The molecule has 0 saturated heterocycles. The zero-order valence-corrected chi connectivity index (χ0v) is 11.1. The standard InChI is InChI=1S/C4H10O2.C3H6O2.C3H4S2/c5-3-1-2-4-6;1-2-3(4)5;1-2-4-5-3-1/h5-6H,1-4H2;2H2,1H3,(H,4,5);1-2H,3H2. The Hall–Kier alpha value is -0.170. The largest absolute Gasteiger partial charge is 0.481 e. The highest BCUT2D eigenvalue weighted by molar-refractivity contribution is 8.78. The van der Waals surface area contributed by atoms with Crippen LogP contribution in [0.1, 0.15) is 26.2 Å². The van der Waals surface area contributed by atoms with E-state index in [1.54, 1.807) is 6.92 Å². The highest BCUT2D eigenvalue weighted by Crippen LogP contribution is 2.27. The summed E-state index contributed by atoms with van der Waals surface area (Å²) in [5.74, 6) is 0.454. The van der Waals surface area contributed by atoms with Crippen molar-refractivity contribution in [3.05, 3.63) is 11.5 Å². The fourth-order valence-corrected chi connectivity index (χ4v) is 1.99. The van der Waals surface area contributed by atoms with Gasteiger partial charge in [-0.05, 0) is 18.2 Å². The van der Waals surface area contributed by atoms with Crippen LogP contribution in [0.15, 0.2) is 11.5 Å². The van der Waals surface area contributed by atoms with Gasteiger partial charge in [0.1, 0.15) is 0 Å². The number of rotatable bonds is 4. The summed E-state index contributed by atoms with van der Waals surface area (Å²) in [5, 5.41) is 26.0. The first-order valence-electron chi connectivity index (χ1n) is 5.05. The number of carbonyl (C=O) groups is 1. The fraction of sp³-hybridized carbons (Fsp3) is 0.700. The van der Waals surface area contributed by atoms with Crippen LogP contribution >= 0.6 is 21.6 Å². The van der Waals surface area contributed by atoms with Crippen LogP contribution in [0.4, 0.5) is 0 Å². The van der Waals surface area contributed by atoms with Crippen LogP contribution in [-0.2, 0) is 4.79 Å². The van der Waals surface area contributed by atoms with Crippen molar-refractivity contribution in [3.63, 3.8) is 0 Å². The van der Waals surface area contributed by atoms with Gasteiger partial charge in [0.15, 0.2) is 0 Å². The maximum Gasteiger partial charge on any atom is 0.303 e. The van der Waals surface area contributed by atoms with Gasteiger partial charge in [0, 0.05) is 25.4 Å². The molecule has 1 rings (SSSR count). The average Bonchev–Trinajstić information content (AvgIpc) is 2.85. The van der Waals surface area contributed by atoms with Crippen molar-refractivity contribution in [1.29, 1.82) is 0 Å². The first-order chi connectivity index (χ1) is 7.68. The number of unbranched alkanes of at least 4 members (excludes halogenated alkanes) is 1. The minimum absolute atomic E-state index is 0.195. The van der Waals surface area contributed by atoms with E-state index in [9.17, 15) is 4.79 Å². The van der Waals surface area contributed by atoms with Gasteiger partial charge in [-0.15, -0.1) is 0 Å². The zero-order valence-electron chi connectivity index (χ0n) is 9.46. The monoisotopic (exact) mass is 268 g/mol. The first kappa shape index (κ1) is 18.2. The minimum Gasteiger partial charge on any atom is -0.481 e. The smallest absolute Gasteiger partial charge is 0.303 e. The molecule has 0 aromatic carbocycles. The Morgan fingerprint density at radius 1 is 1.31 bits per heavy atom. The van der Waals surface area contributed by atoms with Gasteiger partial charge in [0.2, 0.25) is 0 Å². The Bertz CT molecular complexity index is 164. The summed E-state index contributed by atoms with van der Waals surface area (Å²) in [6.07, 6.45) is 3.82. The second-order valence-corrected chi connectivity index (χ2v) is 4.97. The third-order valence-electron chi connectivity index (χ3n) is 1.25. The van der Waals surface area contributed by atoms with E-state index in [0.29, 0.717) is 0 Å². The van der Waals surface area contributed by atoms with Gasteiger partial charge in [-0.25, -0.2) is 0 Å². The molecule has 0 spiro atoms. The summed E-state index contributed by atoms with van der Waals surface area (Å²) in [7, 11) is 3.69. The van der Waals surface area contributed by atoms with Crippen molar-refractivity contribution in [2.24, 2.45) is 0 Å². The van der Waals surface area contributed by atoms with Gasteiger partial charge >= 0.3 is 5.97 Å². The molecule has 0 atom stereocenters. The predicted molar refractivity (Wildman–Crippen MR) is 70.5 cm³/mol. The fourth-order valence-electron chi connectivity index (χ4n) is 0.420. The van der Waals surface area contributed by atoms with E-state index in [1.165, 1.54) is 5.75 Å². The Labute approximate surface area is 105 Å². The number of aliphatic carboxylic acids is 1. The lowest BCUT2D eigenvalue weighted by atomic mass is 10.3. The van der Waals surface area contributed by atoms with Crippen LogP contribution in [-0.4, -0.2) is 40.3 Å². The third kappa shape index (κ3) is 23.6. The molecule has 0 aromatic rings. The molecule has 0 aromatic heterocycles. The van der Waals surface area contributed by atoms with Crippen LogP contribution in [0.2, 0.25) is 0 Å². The molecular weight excluding hydrogens is 248 g/mol. The molecule has 0 amide bonds. The Morgan fingerprint density at radius 3 is 1.94 bits per heavy atom. The van der Waals surface area contributed by atoms with Gasteiger partial charge in [0.05, 0.1) is 0 Å². The van der Waals surface area contributed by atoms with E-state index in [2.05, 4.69) is 11.5 Å². The lowest BCUT2D eigenvalue weighted by Gasteiger charge is -1.85. The number of hydrogen-bond donors (Lipinski definition) is 3. The van der Waals surface area contributed by atoms with E-state index >= 15 is 0 Å². The van der Waals surface area contributed by atoms with Gasteiger partial charge < -0.3 is 15.3 Å². The molecule has 0 unspecified atom stereocenters. The molecule has 16 heavy (non-hydrogen) atoms. The molecule has 96 valence electrons. The normalized spacial score (nSPS) is 12.2. The van der Waals surface area contributed by atoms with Crippen molar-refractivity contribution < 1.29 is 20.1 Å². The maximum atomic E-state index is 9.37. The number of aliphatic hydroxyl groups excluding tert-OH is 2. The first-order valence-corrected chi connectivity index (χ1v) is 7.44. The number of hydrogen-bond acceptors (Lipinski definition) is 5. The highest BCUT2D eigenvalue weighted by Gasteiger charge is 1.86. The maximum absolute atomic E-state index is 9.37. The van der Waals surface area contributed by atoms with Crippen LogP contribution in [0.25, 0.3) is 0 Å². The molecule has 1 aliphatic heterocycles. The predicted octanol–water partition coefficient (Wildman–Crippen LogP) is 2.13. The van der Waals surface area contributed by atoms with Crippen LogP contribution in [0.5, 0.6) is 0 Å². The molecule has 6 heteroatoms. The lowest BCUT2D eigenvalue weighted by Crippen LogP contribution is -1.86. The molecule has 0 bridgehead atoms. The molecule has 1 aliphatic rings. The molecule has 0 saturated carbocycles. The topological polar surface area (TPSA) is 77.8 Å². The summed E-state index contributed by atoms with van der Waals surface area (Å²) >= 11 is 0. The van der Waals surface area contributed by atoms with Gasteiger partial charge in [0.25, 0.3) is 0 Å². The van der Waals surface area contributed by atoms with E-state index < -0.39 is 5.97 Å². The van der Waals surface area contributed by atoms with Crippen molar-refractivity contribution in [1.82, 2.24) is 0 Å². The van der Waals surface area contributed by atoms with Gasteiger partial charge in [-0.3, -0.25) is 4.79 Å². The minimum atomic E-state index is -0.745. The molecule has 4 nitrogen and oxygen atoms in total. The SMILES string of the molecule is C1=CSSC1.CCC(=O)O.OCCCCO. The van der Waals surface area contributed by atoms with Crippen molar-refractivity contribution in [3.8, 4) is 0 Å². The summed E-state index contributed by atoms with van der Waals surface area (Å²) < 4.78 is 0. The Morgan fingerprint density at radius 2 is 1.81 bits per heavy atom. The Kier molecular flexibility index (Phi) is 19.6. The zero-order chi connectivity index (χ0) is 12.6. The second kappa shape index (κ2) is 17.2. The molecule has 3 N–H and O–H groups in total. The molecule has 0 aliphatic carbocycles. The van der Waals surface area contributed by atoms with Crippen LogP contribution in [0, 0.1) is 0 Å². The van der Waals surface area contributed by atoms with E-state index in [0.717, 1.165) is 12.8 Å². The molecule has 0 radical (unpaired) electrons. The van der Waals surface area contributed by atoms with Crippen molar-refractivity contribution in [2.75, 3.05) is 19.0 Å². The lowest BCUT2D eigenvalue weighted by molar-refractivity contribution is -0.136. The highest BCUT2D eigenvalue weighted by atomic mass is 33.1. The second-order valence-electron chi connectivity index (χ2n) is 2.65. The average molecular weight is 268 g/mol.